The summed E-state index contributed by atoms with van der Waals surface area (Å²) in [5.41, 5.74) is 1.31. The number of urea groups is 1. The molecule has 4 aromatic rings. The van der Waals surface area contributed by atoms with Crippen LogP contribution in [0.2, 0.25) is 5.02 Å². The van der Waals surface area contributed by atoms with Crippen molar-refractivity contribution in [3.05, 3.63) is 129 Å². The molecule has 210 valence electrons. The van der Waals surface area contributed by atoms with Crippen molar-refractivity contribution in [2.75, 3.05) is 16.9 Å². The molecule has 11 heteroatoms. The van der Waals surface area contributed by atoms with Gasteiger partial charge in [0.05, 0.1) is 28.4 Å². The lowest BCUT2D eigenvalue weighted by molar-refractivity contribution is -0.384. The lowest BCUT2D eigenvalue weighted by Gasteiger charge is -2.34. The van der Waals surface area contributed by atoms with Gasteiger partial charge < -0.3 is 9.47 Å². The van der Waals surface area contributed by atoms with Crippen molar-refractivity contribution in [2.45, 2.75) is 6.61 Å². The topological polar surface area (TPSA) is 119 Å². The van der Waals surface area contributed by atoms with Gasteiger partial charge in [-0.3, -0.25) is 19.7 Å². The van der Waals surface area contributed by atoms with Crippen molar-refractivity contribution in [3.63, 3.8) is 0 Å². The molecule has 0 radical (unpaired) electrons. The molecule has 1 aliphatic heterocycles. The highest BCUT2D eigenvalue weighted by molar-refractivity contribution is 6.46. The number of nitro benzene ring substituents is 1. The number of para-hydroxylation sites is 2. The van der Waals surface area contributed by atoms with Gasteiger partial charge in [0, 0.05) is 12.1 Å². The number of benzene rings is 4. The number of barbiturate groups is 1. The minimum Gasteiger partial charge on any atom is -0.493 e. The van der Waals surface area contributed by atoms with Gasteiger partial charge in [-0.1, -0.05) is 48.0 Å². The van der Waals surface area contributed by atoms with Gasteiger partial charge in [-0.25, -0.2) is 14.6 Å². The number of non-ortho nitro benzene ring substituents is 1. The first-order valence-electron chi connectivity index (χ1n) is 12.6. The molecule has 0 spiro atoms. The minimum absolute atomic E-state index is 0.0445. The number of rotatable bonds is 8. The Morgan fingerprint density at radius 3 is 1.88 bits per heavy atom. The zero-order valence-electron chi connectivity index (χ0n) is 22.1. The molecule has 4 amide bonds. The third kappa shape index (κ3) is 5.56. The number of amides is 4. The van der Waals surface area contributed by atoms with Crippen LogP contribution >= 0.6 is 11.6 Å². The number of methoxy groups -OCH3 is 1. The molecular formula is C31H22ClN3O7. The number of imide groups is 2. The SMILES string of the molecule is COc1cc(C=C2C(=O)N(c3ccccc3)C(=O)N(c3ccccc3)C2=O)cc(Cl)c1OCc1ccc([N+](=O)[O-])cc1. The van der Waals surface area contributed by atoms with Crippen LogP contribution in [-0.2, 0) is 16.2 Å². The zero-order valence-corrected chi connectivity index (χ0v) is 22.9. The van der Waals surface area contributed by atoms with Gasteiger partial charge >= 0.3 is 6.03 Å². The summed E-state index contributed by atoms with van der Waals surface area (Å²) in [4.78, 5) is 53.0. The number of hydrogen-bond acceptors (Lipinski definition) is 7. The molecule has 42 heavy (non-hydrogen) atoms. The van der Waals surface area contributed by atoms with Gasteiger partial charge in [-0.05, 0) is 65.7 Å². The van der Waals surface area contributed by atoms with E-state index in [0.717, 1.165) is 9.80 Å². The first kappa shape index (κ1) is 28.1. The smallest absolute Gasteiger partial charge is 0.343 e. The maximum absolute atomic E-state index is 13.6. The molecule has 1 aliphatic rings. The Labute approximate surface area is 245 Å². The number of ether oxygens (including phenoxy) is 2. The van der Waals surface area contributed by atoms with Gasteiger partial charge in [0.25, 0.3) is 17.5 Å². The molecule has 1 fully saturated rings. The standard InChI is InChI=1S/C31H22ClN3O7/c1-41-27-18-21(17-26(32)28(27)42-19-20-12-14-24(15-13-20)35(39)40)16-25-29(36)33(22-8-4-2-5-9-22)31(38)34(30(25)37)23-10-6-3-7-11-23/h2-18H,19H2,1H3. The molecule has 1 heterocycles. The second-order valence-electron chi connectivity index (χ2n) is 9.04. The molecule has 0 bridgehead atoms. The minimum atomic E-state index is -0.801. The van der Waals surface area contributed by atoms with Crippen LogP contribution < -0.4 is 19.3 Å². The molecular weight excluding hydrogens is 562 g/mol. The van der Waals surface area contributed by atoms with E-state index >= 15 is 0 Å². The second kappa shape index (κ2) is 11.9. The molecule has 0 aliphatic carbocycles. The lowest BCUT2D eigenvalue weighted by atomic mass is 10.0. The number of nitro groups is 1. The average molecular weight is 584 g/mol. The van der Waals surface area contributed by atoms with E-state index < -0.39 is 22.8 Å². The van der Waals surface area contributed by atoms with Gasteiger partial charge in [0.15, 0.2) is 11.5 Å². The van der Waals surface area contributed by atoms with Gasteiger partial charge in [0.1, 0.15) is 12.2 Å². The highest BCUT2D eigenvalue weighted by atomic mass is 35.5. The fourth-order valence-corrected chi connectivity index (χ4v) is 4.61. The van der Waals surface area contributed by atoms with Crippen LogP contribution in [0.4, 0.5) is 21.9 Å². The summed E-state index contributed by atoms with van der Waals surface area (Å²) < 4.78 is 11.3. The zero-order chi connectivity index (χ0) is 29.8. The number of halogens is 1. The van der Waals surface area contributed by atoms with E-state index in [1.807, 2.05) is 0 Å². The average Bonchev–Trinajstić information content (AvgIpc) is 3.00. The van der Waals surface area contributed by atoms with Crippen LogP contribution in [0, 0.1) is 10.1 Å². The first-order valence-corrected chi connectivity index (χ1v) is 12.9. The van der Waals surface area contributed by atoms with Crippen LogP contribution in [-0.4, -0.2) is 29.9 Å². The Bertz CT molecular complexity index is 1640. The quantitative estimate of drug-likeness (QED) is 0.102. The molecule has 0 N–H and O–H groups in total. The van der Waals surface area contributed by atoms with Gasteiger partial charge in [-0.2, -0.15) is 0 Å². The highest BCUT2D eigenvalue weighted by Crippen LogP contribution is 2.38. The molecule has 5 rings (SSSR count). The van der Waals surface area contributed by atoms with E-state index in [0.29, 0.717) is 22.5 Å². The van der Waals surface area contributed by atoms with Gasteiger partial charge in [-0.15, -0.1) is 0 Å². The van der Waals surface area contributed by atoms with E-state index in [-0.39, 0.29) is 34.4 Å². The summed E-state index contributed by atoms with van der Waals surface area (Å²) in [5.74, 6) is -1.16. The first-order chi connectivity index (χ1) is 20.3. The Hall–Kier alpha value is -5.48. The summed E-state index contributed by atoms with van der Waals surface area (Å²) in [6, 6.07) is 24.7. The monoisotopic (exact) mass is 583 g/mol. The van der Waals surface area contributed by atoms with Gasteiger partial charge in [0.2, 0.25) is 0 Å². The van der Waals surface area contributed by atoms with E-state index in [2.05, 4.69) is 0 Å². The van der Waals surface area contributed by atoms with Crippen molar-refractivity contribution in [2.24, 2.45) is 0 Å². The van der Waals surface area contributed by atoms with Crippen LogP contribution in [0.1, 0.15) is 11.1 Å². The van der Waals surface area contributed by atoms with Crippen molar-refractivity contribution >= 4 is 52.6 Å². The normalized spacial score (nSPS) is 13.3. The number of anilines is 2. The highest BCUT2D eigenvalue weighted by Gasteiger charge is 2.43. The van der Waals surface area contributed by atoms with Crippen LogP contribution in [0.25, 0.3) is 6.08 Å². The van der Waals surface area contributed by atoms with E-state index in [1.165, 1.54) is 31.4 Å². The Balaban J connectivity index is 1.50. The molecule has 0 atom stereocenters. The number of nitrogens with zero attached hydrogens (tertiary/aromatic N) is 3. The second-order valence-corrected chi connectivity index (χ2v) is 9.45. The van der Waals surface area contributed by atoms with Crippen molar-refractivity contribution < 1.29 is 28.8 Å². The predicted octanol–water partition coefficient (Wildman–Crippen LogP) is 6.42. The van der Waals surface area contributed by atoms with E-state index in [9.17, 15) is 24.5 Å². The number of hydrogen-bond donors (Lipinski definition) is 0. The van der Waals surface area contributed by atoms with Crippen LogP contribution in [0.3, 0.4) is 0 Å². The fraction of sp³-hybridized carbons (Fsp3) is 0.0645. The number of carbonyl (C=O) groups excluding carboxylic acids is 3. The maximum Gasteiger partial charge on any atom is 0.343 e. The third-order valence-electron chi connectivity index (χ3n) is 6.37. The predicted molar refractivity (Wildman–Crippen MR) is 157 cm³/mol. The lowest BCUT2D eigenvalue weighted by Crippen LogP contribution is -2.57. The van der Waals surface area contributed by atoms with Crippen LogP contribution in [0.5, 0.6) is 11.5 Å². The maximum atomic E-state index is 13.6. The Kier molecular flexibility index (Phi) is 7.98. The van der Waals surface area contributed by atoms with E-state index in [4.69, 9.17) is 21.1 Å². The summed E-state index contributed by atoms with van der Waals surface area (Å²) in [6.07, 6.45) is 1.34. The third-order valence-corrected chi connectivity index (χ3v) is 6.65. The Morgan fingerprint density at radius 2 is 1.38 bits per heavy atom. The Morgan fingerprint density at radius 1 is 0.833 bits per heavy atom. The summed E-state index contributed by atoms with van der Waals surface area (Å²) in [6.45, 7) is 0.0473. The summed E-state index contributed by atoms with van der Waals surface area (Å²) in [7, 11) is 1.41. The molecule has 0 aromatic heterocycles. The molecule has 4 aromatic carbocycles. The molecule has 0 saturated carbocycles. The fourth-order valence-electron chi connectivity index (χ4n) is 4.34. The summed E-state index contributed by atoms with van der Waals surface area (Å²) in [5, 5.41) is 11.0. The molecule has 1 saturated heterocycles. The van der Waals surface area contributed by atoms with Crippen LogP contribution in [0.15, 0.2) is 103 Å². The van der Waals surface area contributed by atoms with Crippen molar-refractivity contribution in [1.82, 2.24) is 0 Å². The molecule has 0 unspecified atom stereocenters. The van der Waals surface area contributed by atoms with Crippen molar-refractivity contribution in [3.8, 4) is 11.5 Å². The van der Waals surface area contributed by atoms with E-state index in [1.54, 1.807) is 78.9 Å². The largest absolute Gasteiger partial charge is 0.493 e. The number of carbonyl (C=O) groups is 3. The van der Waals surface area contributed by atoms with Crippen molar-refractivity contribution in [1.29, 1.82) is 0 Å². The molecule has 10 nitrogen and oxygen atoms in total. The summed E-state index contributed by atoms with van der Waals surface area (Å²) >= 11 is 6.54.